The minimum absolute atomic E-state index is 0.256. The highest BCUT2D eigenvalue weighted by atomic mass is 79.9. The Morgan fingerprint density at radius 1 is 0.935 bits per heavy atom. The summed E-state index contributed by atoms with van der Waals surface area (Å²) in [6.07, 6.45) is 0. The first-order valence-electron chi connectivity index (χ1n) is 9.85. The molecule has 0 atom stereocenters. The zero-order valence-electron chi connectivity index (χ0n) is 17.2. The lowest BCUT2D eigenvalue weighted by molar-refractivity contribution is 0.0476. The van der Waals surface area contributed by atoms with Crippen molar-refractivity contribution in [3.05, 3.63) is 99.5 Å². The number of esters is 1. The molecule has 1 aromatic heterocycles. The number of ether oxygens (including phenoxy) is 1. The van der Waals surface area contributed by atoms with Gasteiger partial charge in [0, 0.05) is 21.0 Å². The molecule has 0 radical (unpaired) electrons. The van der Waals surface area contributed by atoms with Crippen LogP contribution in [0.15, 0.2) is 77.3 Å². The number of fused-ring (bicyclic) bond motifs is 1. The van der Waals surface area contributed by atoms with Crippen LogP contribution in [-0.2, 0) is 4.74 Å². The molecular weight excluding hydrogens is 454 g/mol. The third-order valence-corrected chi connectivity index (χ3v) is 5.62. The fourth-order valence-electron chi connectivity index (χ4n) is 3.51. The van der Waals surface area contributed by atoms with Crippen LogP contribution in [-0.4, -0.2) is 23.3 Å². The van der Waals surface area contributed by atoms with Gasteiger partial charge in [-0.2, -0.15) is 0 Å². The van der Waals surface area contributed by atoms with Crippen molar-refractivity contribution >= 4 is 38.6 Å². The average Bonchev–Trinajstić information content (AvgIpc) is 2.77. The van der Waals surface area contributed by atoms with E-state index in [1.54, 1.807) is 30.3 Å². The Kier molecular flexibility index (Phi) is 5.96. The Morgan fingerprint density at radius 2 is 1.68 bits per heavy atom. The largest absolute Gasteiger partial charge is 0.454 e. The highest BCUT2D eigenvalue weighted by molar-refractivity contribution is 9.10. The first kappa shape index (κ1) is 20.9. The van der Waals surface area contributed by atoms with E-state index in [2.05, 4.69) is 22.0 Å². The molecule has 3 aromatic carbocycles. The maximum atomic E-state index is 13.0. The minimum atomic E-state index is -0.546. The number of nitrogens with zero attached hydrogens (tertiary/aromatic N) is 1. The maximum absolute atomic E-state index is 13.0. The minimum Gasteiger partial charge on any atom is -0.454 e. The third kappa shape index (κ3) is 4.57. The van der Waals surface area contributed by atoms with E-state index in [9.17, 15) is 9.59 Å². The van der Waals surface area contributed by atoms with E-state index >= 15 is 0 Å². The van der Waals surface area contributed by atoms with Crippen molar-refractivity contribution in [2.45, 2.75) is 13.8 Å². The van der Waals surface area contributed by atoms with Gasteiger partial charge in [0.15, 0.2) is 12.4 Å². The summed E-state index contributed by atoms with van der Waals surface area (Å²) >= 11 is 3.34. The van der Waals surface area contributed by atoms with Gasteiger partial charge in [0.2, 0.25) is 0 Å². The molecule has 0 saturated carbocycles. The Bertz CT molecular complexity index is 1300. The van der Waals surface area contributed by atoms with Gasteiger partial charge in [-0.05, 0) is 43.7 Å². The van der Waals surface area contributed by atoms with Crippen molar-refractivity contribution < 1.29 is 14.3 Å². The molecule has 0 N–H and O–H groups in total. The van der Waals surface area contributed by atoms with E-state index in [-0.39, 0.29) is 12.4 Å². The van der Waals surface area contributed by atoms with Crippen LogP contribution in [0.3, 0.4) is 0 Å². The second-order valence-corrected chi connectivity index (χ2v) is 8.31. The fraction of sp³-hybridized carbons (Fsp3) is 0.115. The molecule has 0 aliphatic carbocycles. The quantitative estimate of drug-likeness (QED) is 0.251. The van der Waals surface area contributed by atoms with Crippen LogP contribution in [0.2, 0.25) is 0 Å². The number of rotatable bonds is 5. The standard InChI is InChI=1S/C26H20BrNO3/c1-16-7-12-20(17(2)13-16)24-14-22(21-5-3-4-6-23(21)28-24)26(30)31-15-25(29)18-8-10-19(27)11-9-18/h3-14H,15H2,1-2H3. The van der Waals surface area contributed by atoms with Gasteiger partial charge in [-0.1, -0.05) is 70.0 Å². The van der Waals surface area contributed by atoms with Crippen molar-refractivity contribution in [1.29, 1.82) is 0 Å². The molecule has 0 spiro atoms. The summed E-state index contributed by atoms with van der Waals surface area (Å²) < 4.78 is 6.27. The number of hydrogen-bond donors (Lipinski definition) is 0. The normalized spacial score (nSPS) is 10.8. The predicted molar refractivity (Wildman–Crippen MR) is 125 cm³/mol. The van der Waals surface area contributed by atoms with E-state index < -0.39 is 5.97 Å². The second kappa shape index (κ2) is 8.82. The smallest absolute Gasteiger partial charge is 0.339 e. The highest BCUT2D eigenvalue weighted by Crippen LogP contribution is 2.28. The van der Waals surface area contributed by atoms with Gasteiger partial charge in [0.25, 0.3) is 0 Å². The van der Waals surface area contributed by atoms with Crippen LogP contribution >= 0.6 is 15.9 Å². The number of halogens is 1. The monoisotopic (exact) mass is 473 g/mol. The Morgan fingerprint density at radius 3 is 2.42 bits per heavy atom. The number of ketones is 1. The molecular formula is C26H20BrNO3. The summed E-state index contributed by atoms with van der Waals surface area (Å²) in [7, 11) is 0. The number of benzene rings is 3. The molecule has 5 heteroatoms. The number of hydrogen-bond acceptors (Lipinski definition) is 4. The Labute approximate surface area is 189 Å². The first-order chi connectivity index (χ1) is 14.9. The Balaban J connectivity index is 1.66. The molecule has 0 aliphatic heterocycles. The van der Waals surface area contributed by atoms with Gasteiger partial charge in [-0.15, -0.1) is 0 Å². The van der Waals surface area contributed by atoms with Crippen molar-refractivity contribution in [1.82, 2.24) is 4.98 Å². The third-order valence-electron chi connectivity index (χ3n) is 5.09. The molecule has 0 saturated heterocycles. The lowest BCUT2D eigenvalue weighted by Crippen LogP contribution is -2.15. The summed E-state index contributed by atoms with van der Waals surface area (Å²) in [6.45, 7) is 3.74. The molecule has 31 heavy (non-hydrogen) atoms. The SMILES string of the molecule is Cc1ccc(-c2cc(C(=O)OCC(=O)c3ccc(Br)cc3)c3ccccc3n2)c(C)c1. The van der Waals surface area contributed by atoms with Gasteiger partial charge in [0.1, 0.15) is 0 Å². The molecule has 0 unspecified atom stereocenters. The van der Waals surface area contributed by atoms with Gasteiger partial charge >= 0.3 is 5.97 Å². The predicted octanol–water partition coefficient (Wildman–Crippen LogP) is 6.32. The maximum Gasteiger partial charge on any atom is 0.339 e. The zero-order valence-corrected chi connectivity index (χ0v) is 18.8. The Hall–Kier alpha value is -3.31. The topological polar surface area (TPSA) is 56.3 Å². The summed E-state index contributed by atoms with van der Waals surface area (Å²) in [5, 5.41) is 0.692. The molecule has 4 rings (SSSR count). The molecule has 1 heterocycles. The summed E-state index contributed by atoms with van der Waals surface area (Å²) in [5.74, 6) is -0.802. The van der Waals surface area contributed by atoms with Crippen LogP contribution in [0.25, 0.3) is 22.2 Å². The van der Waals surface area contributed by atoms with E-state index in [0.29, 0.717) is 27.7 Å². The van der Waals surface area contributed by atoms with E-state index in [1.807, 2.05) is 50.2 Å². The van der Waals surface area contributed by atoms with Gasteiger partial charge in [-0.3, -0.25) is 4.79 Å². The summed E-state index contributed by atoms with van der Waals surface area (Å²) in [6, 6.07) is 22.2. The molecule has 0 bridgehead atoms. The van der Waals surface area contributed by atoms with Gasteiger partial charge in [-0.25, -0.2) is 9.78 Å². The van der Waals surface area contributed by atoms with Crippen LogP contribution in [0.1, 0.15) is 31.8 Å². The van der Waals surface area contributed by atoms with Crippen molar-refractivity contribution in [2.24, 2.45) is 0 Å². The molecule has 0 amide bonds. The molecule has 4 aromatic rings. The number of carbonyl (C=O) groups excluding carboxylic acids is 2. The van der Waals surface area contributed by atoms with Gasteiger partial charge < -0.3 is 4.74 Å². The van der Waals surface area contributed by atoms with Gasteiger partial charge in [0.05, 0.1) is 16.8 Å². The number of para-hydroxylation sites is 1. The van der Waals surface area contributed by atoms with Crippen molar-refractivity contribution in [3.8, 4) is 11.3 Å². The van der Waals surface area contributed by atoms with Crippen molar-refractivity contribution in [2.75, 3.05) is 6.61 Å². The van der Waals surface area contributed by atoms with Crippen LogP contribution in [0, 0.1) is 13.8 Å². The fourth-order valence-corrected chi connectivity index (χ4v) is 3.78. The lowest BCUT2D eigenvalue weighted by Gasteiger charge is -2.12. The second-order valence-electron chi connectivity index (χ2n) is 7.40. The summed E-state index contributed by atoms with van der Waals surface area (Å²) in [5.41, 5.74) is 5.47. The molecule has 0 aliphatic rings. The number of pyridine rings is 1. The molecule has 154 valence electrons. The van der Waals surface area contributed by atoms with Crippen LogP contribution in [0.5, 0.6) is 0 Å². The zero-order chi connectivity index (χ0) is 22.0. The lowest BCUT2D eigenvalue weighted by atomic mass is 9.99. The van der Waals surface area contributed by atoms with E-state index in [0.717, 1.165) is 21.2 Å². The van der Waals surface area contributed by atoms with Crippen molar-refractivity contribution in [3.63, 3.8) is 0 Å². The van der Waals surface area contributed by atoms with Crippen LogP contribution in [0.4, 0.5) is 0 Å². The average molecular weight is 474 g/mol. The first-order valence-corrected chi connectivity index (χ1v) is 10.6. The highest BCUT2D eigenvalue weighted by Gasteiger charge is 2.17. The number of aromatic nitrogens is 1. The number of aryl methyl sites for hydroxylation is 2. The van der Waals surface area contributed by atoms with E-state index in [1.165, 1.54) is 0 Å². The number of Topliss-reactive ketones (excluding diaryl/α,β-unsaturated/α-hetero) is 1. The number of carbonyl (C=O) groups is 2. The summed E-state index contributed by atoms with van der Waals surface area (Å²) in [4.78, 5) is 30.1. The van der Waals surface area contributed by atoms with E-state index in [4.69, 9.17) is 9.72 Å². The molecule has 4 nitrogen and oxygen atoms in total. The van der Waals surface area contributed by atoms with Crippen LogP contribution < -0.4 is 0 Å². The molecule has 0 fully saturated rings.